The molecule has 2 amide bonds. The highest BCUT2D eigenvalue weighted by molar-refractivity contribution is 9.10. The molecule has 0 aliphatic carbocycles. The molecular formula is C17H16BrN3O3. The summed E-state index contributed by atoms with van der Waals surface area (Å²) in [7, 11) is 1.58. The summed E-state index contributed by atoms with van der Waals surface area (Å²) in [6.07, 6.45) is 0. The number of amides is 2. The number of anilines is 1. The van der Waals surface area contributed by atoms with Crippen LogP contribution in [-0.4, -0.2) is 24.6 Å². The molecule has 24 heavy (non-hydrogen) atoms. The molecule has 0 unspecified atom stereocenters. The molecule has 0 aliphatic rings. The summed E-state index contributed by atoms with van der Waals surface area (Å²) in [4.78, 5) is 23.6. The highest BCUT2D eigenvalue weighted by Crippen LogP contribution is 2.14. The minimum absolute atomic E-state index is 0.522. The third-order valence-electron chi connectivity index (χ3n) is 3.14. The molecule has 0 aromatic heterocycles. The Morgan fingerprint density at radius 1 is 1.00 bits per heavy atom. The van der Waals surface area contributed by atoms with Gasteiger partial charge in [-0.15, -0.1) is 0 Å². The van der Waals surface area contributed by atoms with E-state index in [4.69, 9.17) is 4.74 Å². The van der Waals surface area contributed by atoms with Gasteiger partial charge < -0.3 is 10.1 Å². The van der Waals surface area contributed by atoms with Crippen LogP contribution in [0.1, 0.15) is 12.5 Å². The van der Waals surface area contributed by atoms with Crippen molar-refractivity contribution in [3.05, 3.63) is 58.6 Å². The van der Waals surface area contributed by atoms with Crippen LogP contribution in [0, 0.1) is 0 Å². The largest absolute Gasteiger partial charge is 0.497 e. The molecule has 0 fully saturated rings. The van der Waals surface area contributed by atoms with Gasteiger partial charge in [0.25, 0.3) is 0 Å². The summed E-state index contributed by atoms with van der Waals surface area (Å²) in [5, 5.41) is 6.42. The zero-order valence-corrected chi connectivity index (χ0v) is 14.8. The van der Waals surface area contributed by atoms with E-state index in [0.717, 1.165) is 15.8 Å². The first-order valence-electron chi connectivity index (χ1n) is 7.05. The molecule has 2 rings (SSSR count). The Labute approximate surface area is 148 Å². The molecule has 0 radical (unpaired) electrons. The maximum Gasteiger partial charge on any atom is 0.329 e. The third kappa shape index (κ3) is 4.92. The van der Waals surface area contributed by atoms with Crippen molar-refractivity contribution >= 4 is 39.1 Å². The minimum Gasteiger partial charge on any atom is -0.497 e. The molecule has 7 heteroatoms. The highest BCUT2D eigenvalue weighted by Gasteiger charge is 2.13. The summed E-state index contributed by atoms with van der Waals surface area (Å²) >= 11 is 3.29. The zero-order valence-electron chi connectivity index (χ0n) is 13.2. The van der Waals surface area contributed by atoms with Crippen molar-refractivity contribution in [2.75, 3.05) is 12.4 Å². The topological polar surface area (TPSA) is 79.8 Å². The van der Waals surface area contributed by atoms with Crippen molar-refractivity contribution in [3.63, 3.8) is 0 Å². The van der Waals surface area contributed by atoms with Gasteiger partial charge in [-0.05, 0) is 61.0 Å². The Kier molecular flexibility index (Phi) is 6.08. The van der Waals surface area contributed by atoms with Crippen LogP contribution in [0.15, 0.2) is 58.1 Å². The lowest BCUT2D eigenvalue weighted by Crippen LogP contribution is -2.32. The van der Waals surface area contributed by atoms with Crippen molar-refractivity contribution < 1.29 is 14.3 Å². The molecule has 6 nitrogen and oxygen atoms in total. The van der Waals surface area contributed by atoms with Gasteiger partial charge in [0.1, 0.15) is 5.75 Å². The molecule has 2 N–H and O–H groups in total. The van der Waals surface area contributed by atoms with Gasteiger partial charge in [0.15, 0.2) is 0 Å². The Balaban J connectivity index is 1.94. The quantitative estimate of drug-likeness (QED) is 0.479. The van der Waals surface area contributed by atoms with E-state index in [1.807, 2.05) is 12.1 Å². The number of hydrogen-bond donors (Lipinski definition) is 2. The smallest absolute Gasteiger partial charge is 0.329 e. The first kappa shape index (κ1) is 17.7. The van der Waals surface area contributed by atoms with Crippen molar-refractivity contribution in [2.24, 2.45) is 5.10 Å². The molecule has 0 atom stereocenters. The van der Waals surface area contributed by atoms with Gasteiger partial charge >= 0.3 is 11.8 Å². The number of hydrogen-bond acceptors (Lipinski definition) is 4. The lowest BCUT2D eigenvalue weighted by molar-refractivity contribution is -0.136. The number of hydrazone groups is 1. The Morgan fingerprint density at radius 2 is 1.62 bits per heavy atom. The molecule has 0 spiro atoms. The van der Waals surface area contributed by atoms with Gasteiger partial charge in [-0.1, -0.05) is 15.9 Å². The fraction of sp³-hybridized carbons (Fsp3) is 0.118. The van der Waals surface area contributed by atoms with E-state index in [-0.39, 0.29) is 0 Å². The standard InChI is InChI=1S/C17H16BrN3O3/c1-11(12-3-9-15(24-2)10-4-12)20-21-17(23)16(22)19-14-7-5-13(18)6-8-14/h3-10H,1-2H3,(H,19,22)(H,21,23)/b20-11+. The summed E-state index contributed by atoms with van der Waals surface area (Å²) in [6, 6.07) is 14.1. The van der Waals surface area contributed by atoms with Gasteiger partial charge in [-0.3, -0.25) is 9.59 Å². The first-order chi connectivity index (χ1) is 11.5. The van der Waals surface area contributed by atoms with Crippen LogP contribution in [0.25, 0.3) is 0 Å². The Morgan fingerprint density at radius 3 is 2.21 bits per heavy atom. The molecule has 0 bridgehead atoms. The maximum absolute atomic E-state index is 11.8. The minimum atomic E-state index is -0.842. The molecule has 0 saturated heterocycles. The second-order valence-corrected chi connectivity index (χ2v) is 5.74. The predicted octanol–water partition coefficient (Wildman–Crippen LogP) is 2.94. The fourth-order valence-corrected chi connectivity index (χ4v) is 2.07. The number of carbonyl (C=O) groups excluding carboxylic acids is 2. The number of carbonyl (C=O) groups is 2. The van der Waals surface area contributed by atoms with Crippen LogP contribution in [-0.2, 0) is 9.59 Å². The Hall–Kier alpha value is -2.67. The van der Waals surface area contributed by atoms with Crippen LogP contribution in [0.2, 0.25) is 0 Å². The van der Waals surface area contributed by atoms with Gasteiger partial charge in [0.05, 0.1) is 12.8 Å². The molecule has 2 aromatic rings. The SMILES string of the molecule is COc1ccc(/C(C)=N/NC(=O)C(=O)Nc2ccc(Br)cc2)cc1. The number of ether oxygens (including phenoxy) is 1. The molecule has 124 valence electrons. The van der Waals surface area contributed by atoms with Gasteiger partial charge in [0.2, 0.25) is 0 Å². The van der Waals surface area contributed by atoms with E-state index in [0.29, 0.717) is 11.4 Å². The average Bonchev–Trinajstić information content (AvgIpc) is 2.61. The maximum atomic E-state index is 11.8. The number of rotatable bonds is 4. The average molecular weight is 390 g/mol. The second kappa shape index (κ2) is 8.26. The first-order valence-corrected chi connectivity index (χ1v) is 7.84. The summed E-state index contributed by atoms with van der Waals surface area (Å²) < 4.78 is 5.96. The zero-order chi connectivity index (χ0) is 17.5. The number of benzene rings is 2. The van der Waals surface area contributed by atoms with E-state index >= 15 is 0 Å². The van der Waals surface area contributed by atoms with E-state index in [2.05, 4.69) is 31.8 Å². The number of methoxy groups -OCH3 is 1. The van der Waals surface area contributed by atoms with E-state index in [9.17, 15) is 9.59 Å². The van der Waals surface area contributed by atoms with Crippen molar-refractivity contribution in [2.45, 2.75) is 6.92 Å². The van der Waals surface area contributed by atoms with E-state index in [1.54, 1.807) is 50.4 Å². The predicted molar refractivity (Wildman–Crippen MR) is 96.1 cm³/mol. The summed E-state index contributed by atoms with van der Waals surface area (Å²) in [5.41, 5.74) is 4.14. The van der Waals surface area contributed by atoms with Crippen LogP contribution in [0.4, 0.5) is 5.69 Å². The molecular weight excluding hydrogens is 374 g/mol. The van der Waals surface area contributed by atoms with Crippen LogP contribution >= 0.6 is 15.9 Å². The monoisotopic (exact) mass is 389 g/mol. The molecule has 0 heterocycles. The highest BCUT2D eigenvalue weighted by atomic mass is 79.9. The summed E-state index contributed by atoms with van der Waals surface area (Å²) in [6.45, 7) is 1.73. The fourth-order valence-electron chi connectivity index (χ4n) is 1.80. The lowest BCUT2D eigenvalue weighted by atomic mass is 10.1. The van der Waals surface area contributed by atoms with Crippen LogP contribution in [0.3, 0.4) is 0 Å². The number of nitrogens with zero attached hydrogens (tertiary/aromatic N) is 1. The molecule has 0 saturated carbocycles. The lowest BCUT2D eigenvalue weighted by Gasteiger charge is -2.05. The van der Waals surface area contributed by atoms with Gasteiger partial charge in [-0.2, -0.15) is 5.10 Å². The van der Waals surface area contributed by atoms with Gasteiger partial charge in [0, 0.05) is 10.2 Å². The Bertz CT molecular complexity index is 756. The van der Waals surface area contributed by atoms with E-state index in [1.165, 1.54) is 0 Å². The second-order valence-electron chi connectivity index (χ2n) is 4.83. The number of nitrogens with one attached hydrogen (secondary N) is 2. The third-order valence-corrected chi connectivity index (χ3v) is 3.67. The van der Waals surface area contributed by atoms with Crippen LogP contribution < -0.4 is 15.5 Å². The van der Waals surface area contributed by atoms with Crippen LogP contribution in [0.5, 0.6) is 5.75 Å². The normalized spacial score (nSPS) is 10.9. The van der Waals surface area contributed by atoms with Crippen molar-refractivity contribution in [3.8, 4) is 5.75 Å². The summed E-state index contributed by atoms with van der Waals surface area (Å²) in [5.74, 6) is -0.904. The molecule has 2 aromatic carbocycles. The molecule has 0 aliphatic heterocycles. The van der Waals surface area contributed by atoms with E-state index < -0.39 is 11.8 Å². The van der Waals surface area contributed by atoms with Crippen molar-refractivity contribution in [1.29, 1.82) is 0 Å². The van der Waals surface area contributed by atoms with Gasteiger partial charge in [-0.25, -0.2) is 5.43 Å². The number of halogens is 1. The van der Waals surface area contributed by atoms with Crippen molar-refractivity contribution in [1.82, 2.24) is 5.43 Å².